The van der Waals surface area contributed by atoms with E-state index in [1.54, 1.807) is 0 Å². The Morgan fingerprint density at radius 3 is 2.70 bits per heavy atom. The number of piperidine rings is 1. The van der Waals surface area contributed by atoms with Crippen LogP contribution < -0.4 is 4.72 Å². The van der Waals surface area contributed by atoms with Gasteiger partial charge in [-0.25, -0.2) is 13.1 Å². The number of nitrogens with zero attached hydrogens (tertiary/aromatic N) is 1. The highest BCUT2D eigenvalue weighted by Gasteiger charge is 2.32. The molecule has 1 fully saturated rings. The average Bonchev–Trinajstić information content (AvgIpc) is 2.93. The molecule has 0 spiro atoms. The first-order chi connectivity index (χ1) is 11.0. The molecule has 1 aliphatic carbocycles. The maximum atomic E-state index is 11.9. The van der Waals surface area contributed by atoms with Crippen molar-refractivity contribution in [3.8, 4) is 0 Å². The monoisotopic (exact) mass is 356 g/mol. The maximum Gasteiger partial charge on any atom is 0.211 e. The molecule has 1 heterocycles. The molecule has 0 saturated carbocycles. The minimum Gasteiger partial charge on any atom is -0.296 e. The van der Waals surface area contributed by atoms with Crippen LogP contribution in [-0.2, 0) is 16.4 Å². The molecule has 4 nitrogen and oxygen atoms in total. The zero-order chi connectivity index (χ0) is 16.4. The Morgan fingerprint density at radius 1 is 1.26 bits per heavy atom. The molecule has 0 bridgehead atoms. The van der Waals surface area contributed by atoms with Gasteiger partial charge in [-0.1, -0.05) is 30.7 Å². The van der Waals surface area contributed by atoms with E-state index >= 15 is 0 Å². The molecule has 6 heteroatoms. The Labute approximate surface area is 144 Å². The number of rotatable bonds is 5. The van der Waals surface area contributed by atoms with Crippen LogP contribution in [0, 0.1) is 0 Å². The number of sulfonamides is 1. The quantitative estimate of drug-likeness (QED) is 0.881. The molecule has 0 amide bonds. The van der Waals surface area contributed by atoms with E-state index in [1.165, 1.54) is 11.1 Å². The molecule has 0 radical (unpaired) electrons. The fourth-order valence-electron chi connectivity index (χ4n) is 3.88. The number of nitrogens with one attached hydrogen (secondary N) is 1. The third-order valence-electron chi connectivity index (χ3n) is 4.97. The second kappa shape index (κ2) is 7.09. The summed E-state index contributed by atoms with van der Waals surface area (Å²) in [5, 5.41) is 0.882. The Hall–Kier alpha value is -0.620. The predicted molar refractivity (Wildman–Crippen MR) is 94.3 cm³/mol. The molecule has 2 aliphatic rings. The zero-order valence-electron chi connectivity index (χ0n) is 13.6. The smallest absolute Gasteiger partial charge is 0.211 e. The summed E-state index contributed by atoms with van der Waals surface area (Å²) in [4.78, 5) is 2.49. The van der Waals surface area contributed by atoms with Gasteiger partial charge in [-0.2, -0.15) is 0 Å². The van der Waals surface area contributed by atoms with E-state index in [-0.39, 0.29) is 11.8 Å². The van der Waals surface area contributed by atoms with E-state index in [9.17, 15) is 8.42 Å². The third kappa shape index (κ3) is 3.90. The second-order valence-electron chi connectivity index (χ2n) is 6.61. The standard InChI is InChI=1S/C17H25ClN2O2S/c1-2-12-23(21,22)19-13-8-10-20(11-9-13)17-7-6-14-15(17)4-3-5-16(14)18/h3-5,13,17,19H,2,6-12H2,1H3/t17-/m0/s1. The molecule has 1 N–H and O–H groups in total. The predicted octanol–water partition coefficient (Wildman–Crippen LogP) is 3.12. The summed E-state index contributed by atoms with van der Waals surface area (Å²) in [7, 11) is -3.11. The van der Waals surface area contributed by atoms with Gasteiger partial charge in [0, 0.05) is 30.2 Å². The van der Waals surface area contributed by atoms with Crippen LogP contribution in [0.3, 0.4) is 0 Å². The Bertz CT molecular complexity index is 655. The summed E-state index contributed by atoms with van der Waals surface area (Å²) >= 11 is 6.30. The fraction of sp³-hybridized carbons (Fsp3) is 0.647. The topological polar surface area (TPSA) is 49.4 Å². The first kappa shape index (κ1) is 17.2. The number of benzene rings is 1. The van der Waals surface area contributed by atoms with E-state index in [0.717, 1.165) is 43.8 Å². The highest BCUT2D eigenvalue weighted by Crippen LogP contribution is 2.40. The van der Waals surface area contributed by atoms with E-state index in [4.69, 9.17) is 11.6 Å². The first-order valence-electron chi connectivity index (χ1n) is 8.51. The number of halogens is 1. The lowest BCUT2D eigenvalue weighted by Gasteiger charge is -2.36. The molecule has 3 rings (SSSR count). The fourth-order valence-corrected chi connectivity index (χ4v) is 5.55. The molecule has 128 valence electrons. The highest BCUT2D eigenvalue weighted by molar-refractivity contribution is 7.89. The number of fused-ring (bicyclic) bond motifs is 1. The van der Waals surface area contributed by atoms with Gasteiger partial charge in [0.1, 0.15) is 0 Å². The summed E-state index contributed by atoms with van der Waals surface area (Å²) < 4.78 is 26.7. The van der Waals surface area contributed by atoms with Crippen molar-refractivity contribution in [3.05, 3.63) is 34.3 Å². The van der Waals surface area contributed by atoms with Gasteiger partial charge in [-0.15, -0.1) is 0 Å². The summed E-state index contributed by atoms with van der Waals surface area (Å²) in [6.07, 6.45) is 4.59. The van der Waals surface area contributed by atoms with Gasteiger partial charge in [-0.3, -0.25) is 4.90 Å². The van der Waals surface area contributed by atoms with Gasteiger partial charge < -0.3 is 0 Å². The van der Waals surface area contributed by atoms with E-state index in [2.05, 4.69) is 15.7 Å². The molecule has 1 atom stereocenters. The number of hydrogen-bond acceptors (Lipinski definition) is 3. The largest absolute Gasteiger partial charge is 0.296 e. The van der Waals surface area contributed by atoms with Gasteiger partial charge in [0.25, 0.3) is 0 Å². The summed E-state index contributed by atoms with van der Waals surface area (Å²) in [6, 6.07) is 6.72. The van der Waals surface area contributed by atoms with E-state index in [0.29, 0.717) is 12.5 Å². The molecule has 0 aromatic heterocycles. The van der Waals surface area contributed by atoms with E-state index < -0.39 is 10.0 Å². The van der Waals surface area contributed by atoms with Gasteiger partial charge in [0.05, 0.1) is 5.75 Å². The molecule has 23 heavy (non-hydrogen) atoms. The van der Waals surface area contributed by atoms with Crippen molar-refractivity contribution in [1.82, 2.24) is 9.62 Å². The number of hydrogen-bond donors (Lipinski definition) is 1. The van der Waals surface area contributed by atoms with Gasteiger partial charge in [0.2, 0.25) is 10.0 Å². The van der Waals surface area contributed by atoms with Crippen molar-refractivity contribution in [2.75, 3.05) is 18.8 Å². The summed E-state index contributed by atoms with van der Waals surface area (Å²) in [5.74, 6) is 0.224. The van der Waals surface area contributed by atoms with Gasteiger partial charge in [0.15, 0.2) is 0 Å². The lowest BCUT2D eigenvalue weighted by molar-refractivity contribution is 0.149. The zero-order valence-corrected chi connectivity index (χ0v) is 15.2. The average molecular weight is 357 g/mol. The molecule has 0 unspecified atom stereocenters. The molecule has 1 aliphatic heterocycles. The van der Waals surface area contributed by atoms with Crippen LogP contribution in [0.5, 0.6) is 0 Å². The van der Waals surface area contributed by atoms with Gasteiger partial charge >= 0.3 is 0 Å². The van der Waals surface area contributed by atoms with Crippen LogP contribution in [-0.4, -0.2) is 38.2 Å². The normalized spacial score (nSPS) is 23.1. The van der Waals surface area contributed by atoms with Crippen molar-refractivity contribution in [2.24, 2.45) is 0 Å². The van der Waals surface area contributed by atoms with E-state index in [1.807, 2.05) is 19.1 Å². The van der Waals surface area contributed by atoms with Crippen LogP contribution >= 0.6 is 11.6 Å². The van der Waals surface area contributed by atoms with Crippen LogP contribution in [0.2, 0.25) is 5.02 Å². The van der Waals surface area contributed by atoms with Crippen molar-refractivity contribution in [2.45, 2.75) is 51.1 Å². The SMILES string of the molecule is CCCS(=O)(=O)NC1CCN([C@H]2CCc3c(Cl)cccc32)CC1. The van der Waals surface area contributed by atoms with Crippen LogP contribution in [0.25, 0.3) is 0 Å². The van der Waals surface area contributed by atoms with Gasteiger partial charge in [-0.05, 0) is 49.3 Å². The lowest BCUT2D eigenvalue weighted by atomic mass is 10.0. The Balaban J connectivity index is 1.60. The molecule has 1 aromatic rings. The number of likely N-dealkylation sites (tertiary alicyclic amines) is 1. The van der Waals surface area contributed by atoms with Crippen LogP contribution in [0.4, 0.5) is 0 Å². The van der Waals surface area contributed by atoms with Crippen molar-refractivity contribution < 1.29 is 8.42 Å². The van der Waals surface area contributed by atoms with Crippen LogP contribution in [0.1, 0.15) is 49.8 Å². The van der Waals surface area contributed by atoms with Crippen molar-refractivity contribution in [3.63, 3.8) is 0 Å². The Kier molecular flexibility index (Phi) is 5.31. The molecular formula is C17H25ClN2O2S. The second-order valence-corrected chi connectivity index (χ2v) is 8.89. The van der Waals surface area contributed by atoms with Crippen LogP contribution in [0.15, 0.2) is 18.2 Å². The first-order valence-corrected chi connectivity index (χ1v) is 10.5. The summed E-state index contributed by atoms with van der Waals surface area (Å²) in [5.41, 5.74) is 2.66. The minimum atomic E-state index is -3.11. The summed E-state index contributed by atoms with van der Waals surface area (Å²) in [6.45, 7) is 3.77. The third-order valence-corrected chi connectivity index (χ3v) is 6.96. The molecular weight excluding hydrogens is 332 g/mol. The molecule has 1 aromatic carbocycles. The van der Waals surface area contributed by atoms with Crippen molar-refractivity contribution in [1.29, 1.82) is 0 Å². The maximum absolute atomic E-state index is 11.9. The molecule has 1 saturated heterocycles. The highest BCUT2D eigenvalue weighted by atomic mass is 35.5. The Morgan fingerprint density at radius 2 is 2.00 bits per heavy atom. The lowest BCUT2D eigenvalue weighted by Crippen LogP contribution is -2.45. The minimum absolute atomic E-state index is 0.0861. The van der Waals surface area contributed by atoms with Crippen molar-refractivity contribution >= 4 is 21.6 Å².